The fraction of sp³-hybridized carbons (Fsp3) is 0.0625. The smallest absolute Gasteiger partial charge is 0.339 e. The number of nitrogens with zero attached hydrogens (tertiary/aromatic N) is 2. The monoisotopic (exact) mass is 453 g/mol. The summed E-state index contributed by atoms with van der Waals surface area (Å²) in [5.41, 5.74) is 0.604. The fourth-order valence-corrected chi connectivity index (χ4v) is 3.77. The molecule has 1 heterocycles. The molecule has 1 saturated heterocycles. The number of amides is 1. The van der Waals surface area contributed by atoms with Gasteiger partial charge in [0.25, 0.3) is 0 Å². The highest BCUT2D eigenvalue weighted by Crippen LogP contribution is 2.21. The van der Waals surface area contributed by atoms with E-state index in [0.29, 0.717) is 16.5 Å². The number of amidine groups is 1. The first-order valence-corrected chi connectivity index (χ1v) is 10.4. The molecule has 0 unspecified atom stereocenters. The number of carbonyl (C=O) groups is 1. The highest BCUT2D eigenvalue weighted by Gasteiger charge is 2.17. The van der Waals surface area contributed by atoms with Crippen LogP contribution in [0, 0.1) is 0 Å². The van der Waals surface area contributed by atoms with E-state index in [-0.39, 0.29) is 16.6 Å². The summed E-state index contributed by atoms with van der Waals surface area (Å²) in [7, 11) is -3.93. The van der Waals surface area contributed by atoms with Gasteiger partial charge in [0.1, 0.15) is 10.6 Å². The summed E-state index contributed by atoms with van der Waals surface area (Å²) in [6.45, 7) is 0. The first-order valence-electron chi connectivity index (χ1n) is 7.26. The van der Waals surface area contributed by atoms with Gasteiger partial charge in [-0.05, 0) is 42.0 Å². The molecule has 26 heavy (non-hydrogen) atoms. The lowest BCUT2D eigenvalue weighted by Gasteiger charge is -2.07. The molecule has 1 amide bonds. The summed E-state index contributed by atoms with van der Waals surface area (Å²) in [4.78, 5) is 11.1. The topological polar surface area (TPSA) is 97.2 Å². The van der Waals surface area contributed by atoms with Gasteiger partial charge in [0.2, 0.25) is 5.91 Å². The molecule has 0 saturated carbocycles. The van der Waals surface area contributed by atoms with E-state index in [1.54, 1.807) is 24.3 Å². The molecule has 1 aliphatic heterocycles. The second kappa shape index (κ2) is 8.02. The van der Waals surface area contributed by atoms with Crippen LogP contribution in [0.15, 0.2) is 68.1 Å². The summed E-state index contributed by atoms with van der Waals surface area (Å²) in [6.07, 6.45) is 1.44. The predicted molar refractivity (Wildman–Crippen MR) is 104 cm³/mol. The Morgan fingerprint density at radius 1 is 1.19 bits per heavy atom. The van der Waals surface area contributed by atoms with Crippen molar-refractivity contribution in [3.63, 3.8) is 0 Å². The molecule has 2 aromatic carbocycles. The van der Waals surface area contributed by atoms with Crippen LogP contribution < -0.4 is 9.50 Å². The van der Waals surface area contributed by atoms with Gasteiger partial charge in [-0.15, -0.1) is 5.10 Å². The molecule has 0 bridgehead atoms. The number of rotatable bonds is 5. The lowest BCUT2D eigenvalue weighted by atomic mass is 10.2. The van der Waals surface area contributed by atoms with Crippen LogP contribution in [0.4, 0.5) is 0 Å². The van der Waals surface area contributed by atoms with Gasteiger partial charge in [-0.25, -0.2) is 0 Å². The second-order valence-corrected chi connectivity index (χ2v) is 8.48. The number of thioether (sulfide) groups is 1. The molecule has 3 rings (SSSR count). The molecule has 134 valence electrons. The Kier molecular flexibility index (Phi) is 5.74. The Bertz CT molecular complexity index is 989. The fourth-order valence-electron chi connectivity index (χ4n) is 1.95. The summed E-state index contributed by atoms with van der Waals surface area (Å²) < 4.78 is 30.5. The number of carbonyl (C=O) groups excluding carboxylic acids is 1. The third-order valence-corrected chi connectivity index (χ3v) is 5.76. The van der Waals surface area contributed by atoms with Crippen LogP contribution in [0.2, 0.25) is 0 Å². The van der Waals surface area contributed by atoms with Crippen LogP contribution in [0.5, 0.6) is 5.75 Å². The first-order chi connectivity index (χ1) is 12.4. The average Bonchev–Trinajstić information content (AvgIpc) is 3.00. The number of halogens is 1. The molecule has 2 aromatic rings. The molecule has 1 fully saturated rings. The third kappa shape index (κ3) is 4.93. The van der Waals surface area contributed by atoms with E-state index in [4.69, 9.17) is 4.18 Å². The Labute approximate surface area is 162 Å². The van der Waals surface area contributed by atoms with E-state index in [9.17, 15) is 13.2 Å². The van der Waals surface area contributed by atoms with Gasteiger partial charge in [-0.1, -0.05) is 39.8 Å². The molecule has 0 aliphatic carbocycles. The van der Waals surface area contributed by atoms with E-state index in [1.165, 1.54) is 42.2 Å². The lowest BCUT2D eigenvalue weighted by molar-refractivity contribution is -0.116. The van der Waals surface area contributed by atoms with Gasteiger partial charge in [0.15, 0.2) is 5.17 Å². The standard InChI is InChI=1S/C16H12BrN3O4S2/c17-12-4-6-14(7-5-12)26(22,23)24-13-3-1-2-11(8-13)9-18-20-16-19-15(21)10-25-16/h1-9H,10H2,(H,19,20,21)/b18-9-. The van der Waals surface area contributed by atoms with Crippen LogP contribution in [0.3, 0.4) is 0 Å². The molecule has 1 aliphatic rings. The van der Waals surface area contributed by atoms with Gasteiger partial charge in [-0.2, -0.15) is 13.5 Å². The molecule has 0 aromatic heterocycles. The summed E-state index contributed by atoms with van der Waals surface area (Å²) in [5, 5.41) is 10.7. The minimum atomic E-state index is -3.93. The van der Waals surface area contributed by atoms with E-state index in [1.807, 2.05) is 0 Å². The molecule has 0 radical (unpaired) electrons. The summed E-state index contributed by atoms with van der Waals surface area (Å²) >= 11 is 4.52. The normalized spacial score (nSPS) is 16.2. The van der Waals surface area contributed by atoms with E-state index >= 15 is 0 Å². The number of nitrogens with one attached hydrogen (secondary N) is 1. The molecular weight excluding hydrogens is 442 g/mol. The maximum absolute atomic E-state index is 12.3. The Morgan fingerprint density at radius 3 is 2.65 bits per heavy atom. The number of hydrogen-bond donors (Lipinski definition) is 1. The van der Waals surface area contributed by atoms with Crippen molar-refractivity contribution < 1.29 is 17.4 Å². The van der Waals surface area contributed by atoms with E-state index in [0.717, 1.165) is 4.47 Å². The SMILES string of the molecule is O=C1CS/C(=N/N=C\c2cccc(OS(=O)(=O)c3ccc(Br)cc3)c2)N1. The van der Waals surface area contributed by atoms with Gasteiger partial charge in [0.05, 0.1) is 12.0 Å². The first kappa shape index (κ1) is 18.6. The van der Waals surface area contributed by atoms with Crippen molar-refractivity contribution in [3.05, 3.63) is 58.6 Å². The van der Waals surface area contributed by atoms with Crippen LogP contribution >= 0.6 is 27.7 Å². The second-order valence-electron chi connectivity index (χ2n) is 5.05. The minimum Gasteiger partial charge on any atom is -0.379 e. The van der Waals surface area contributed by atoms with E-state index in [2.05, 4.69) is 31.4 Å². The van der Waals surface area contributed by atoms with Crippen LogP contribution in [0.1, 0.15) is 5.56 Å². The third-order valence-electron chi connectivity index (χ3n) is 3.11. The molecule has 0 spiro atoms. The Hall–Kier alpha value is -2.17. The maximum atomic E-state index is 12.3. The highest BCUT2D eigenvalue weighted by molar-refractivity contribution is 9.10. The van der Waals surface area contributed by atoms with Gasteiger partial charge in [0, 0.05) is 4.47 Å². The lowest BCUT2D eigenvalue weighted by Crippen LogP contribution is -2.19. The molecule has 7 nitrogen and oxygen atoms in total. The average molecular weight is 454 g/mol. The molecule has 10 heteroatoms. The quantitative estimate of drug-likeness (QED) is 0.426. The summed E-state index contributed by atoms with van der Waals surface area (Å²) in [6, 6.07) is 12.6. The van der Waals surface area contributed by atoms with Crippen molar-refractivity contribution in [3.8, 4) is 5.75 Å². The van der Waals surface area contributed by atoms with Crippen molar-refractivity contribution in [1.82, 2.24) is 5.32 Å². The van der Waals surface area contributed by atoms with Crippen LogP contribution in [-0.2, 0) is 14.9 Å². The number of hydrogen-bond acceptors (Lipinski definition) is 7. The molecule has 1 N–H and O–H groups in total. The summed E-state index contributed by atoms with van der Waals surface area (Å²) in [5.74, 6) is 0.372. The van der Waals surface area contributed by atoms with Crippen molar-refractivity contribution in [2.75, 3.05) is 5.75 Å². The zero-order chi connectivity index (χ0) is 18.6. The van der Waals surface area contributed by atoms with Gasteiger partial charge < -0.3 is 9.50 Å². The van der Waals surface area contributed by atoms with Crippen LogP contribution in [0.25, 0.3) is 0 Å². The highest BCUT2D eigenvalue weighted by atomic mass is 79.9. The predicted octanol–water partition coefficient (Wildman–Crippen LogP) is 2.77. The number of benzene rings is 2. The van der Waals surface area contributed by atoms with Crippen molar-refractivity contribution in [2.45, 2.75) is 4.90 Å². The van der Waals surface area contributed by atoms with Crippen molar-refractivity contribution in [2.24, 2.45) is 10.2 Å². The molecule has 0 atom stereocenters. The zero-order valence-electron chi connectivity index (χ0n) is 13.1. The van der Waals surface area contributed by atoms with Gasteiger partial charge >= 0.3 is 10.1 Å². The van der Waals surface area contributed by atoms with Crippen LogP contribution in [-0.4, -0.2) is 31.5 Å². The van der Waals surface area contributed by atoms with Gasteiger partial charge in [-0.3, -0.25) is 4.79 Å². The van der Waals surface area contributed by atoms with E-state index < -0.39 is 10.1 Å². The zero-order valence-corrected chi connectivity index (χ0v) is 16.3. The Balaban J connectivity index is 1.73. The Morgan fingerprint density at radius 2 is 1.96 bits per heavy atom. The minimum absolute atomic E-state index is 0.0557. The maximum Gasteiger partial charge on any atom is 0.339 e. The van der Waals surface area contributed by atoms with Crippen molar-refractivity contribution in [1.29, 1.82) is 0 Å². The largest absolute Gasteiger partial charge is 0.379 e. The molecular formula is C16H12BrN3O4S2. The van der Waals surface area contributed by atoms with Crippen molar-refractivity contribution >= 4 is 55.1 Å².